The summed E-state index contributed by atoms with van der Waals surface area (Å²) in [5, 5.41) is 0. The molecule has 2 aromatic rings. The number of carbonyl (C=O) groups is 1. The van der Waals surface area contributed by atoms with Gasteiger partial charge in [-0.1, -0.05) is 48.0 Å². The summed E-state index contributed by atoms with van der Waals surface area (Å²) in [6, 6.07) is 15.8. The predicted octanol–water partition coefficient (Wildman–Crippen LogP) is 6.48. The van der Waals surface area contributed by atoms with Crippen LogP contribution in [-0.4, -0.2) is 29.7 Å². The highest BCUT2D eigenvalue weighted by molar-refractivity contribution is 5.69. The monoisotopic (exact) mass is 391 g/mol. The van der Waals surface area contributed by atoms with Crippen LogP contribution in [0.5, 0.6) is 0 Å². The van der Waals surface area contributed by atoms with Crippen LogP contribution in [0.2, 0.25) is 0 Å². The molecule has 3 nitrogen and oxygen atoms in total. The van der Waals surface area contributed by atoms with E-state index in [0.717, 1.165) is 25.9 Å². The molecule has 2 aliphatic rings. The summed E-state index contributed by atoms with van der Waals surface area (Å²) in [7, 11) is 0. The zero-order chi connectivity index (χ0) is 20.8. The van der Waals surface area contributed by atoms with Crippen molar-refractivity contribution in [3.05, 3.63) is 59.2 Å². The number of aryl methyl sites for hydroxylation is 2. The highest BCUT2D eigenvalue weighted by atomic mass is 16.6. The Morgan fingerprint density at radius 3 is 2.28 bits per heavy atom. The summed E-state index contributed by atoms with van der Waals surface area (Å²) in [5.74, 6) is 0.636. The standard InChI is InChI=1S/C26H33NO2/c1-18-6-11-22(19(2)16-18)20-7-9-21(10-8-20)23-17-26(23)12-14-27(15-13-26)24(28)29-25(3,4)5/h6-11,16,23H,12-15,17H2,1-5H3. The molecule has 1 saturated carbocycles. The van der Waals surface area contributed by atoms with Crippen molar-refractivity contribution < 1.29 is 9.53 Å². The zero-order valence-corrected chi connectivity index (χ0v) is 18.4. The van der Waals surface area contributed by atoms with Gasteiger partial charge < -0.3 is 9.64 Å². The Labute approximate surface area is 175 Å². The molecule has 4 rings (SSSR count). The quantitative estimate of drug-likeness (QED) is 0.587. The molecule has 1 heterocycles. The van der Waals surface area contributed by atoms with E-state index in [1.54, 1.807) is 0 Å². The van der Waals surface area contributed by atoms with Gasteiger partial charge in [0.25, 0.3) is 0 Å². The molecule has 29 heavy (non-hydrogen) atoms. The lowest BCUT2D eigenvalue weighted by atomic mass is 9.88. The number of amides is 1. The number of nitrogens with zero attached hydrogens (tertiary/aromatic N) is 1. The Bertz CT molecular complexity index is 899. The van der Waals surface area contributed by atoms with Crippen molar-refractivity contribution in [2.45, 2.75) is 65.4 Å². The molecule has 1 amide bonds. The third-order valence-corrected chi connectivity index (χ3v) is 6.61. The molecule has 1 saturated heterocycles. The molecular formula is C26H33NO2. The Morgan fingerprint density at radius 1 is 1.03 bits per heavy atom. The summed E-state index contributed by atoms with van der Waals surface area (Å²) in [5.41, 5.74) is 6.66. The lowest BCUT2D eigenvalue weighted by Gasteiger charge is -2.34. The fraction of sp³-hybridized carbons (Fsp3) is 0.500. The van der Waals surface area contributed by atoms with Gasteiger partial charge in [-0.3, -0.25) is 0 Å². The van der Waals surface area contributed by atoms with Crippen LogP contribution in [0.4, 0.5) is 4.79 Å². The Hall–Kier alpha value is -2.29. The average Bonchev–Trinajstić information content (AvgIpc) is 3.34. The third-order valence-electron chi connectivity index (χ3n) is 6.61. The summed E-state index contributed by atoms with van der Waals surface area (Å²) in [6.07, 6.45) is 3.24. The topological polar surface area (TPSA) is 29.5 Å². The van der Waals surface area contributed by atoms with Crippen LogP contribution in [0.1, 0.15) is 62.6 Å². The van der Waals surface area contributed by atoms with Crippen LogP contribution in [0.3, 0.4) is 0 Å². The normalized spacial score (nSPS) is 20.6. The van der Waals surface area contributed by atoms with Gasteiger partial charge in [0.2, 0.25) is 0 Å². The van der Waals surface area contributed by atoms with E-state index in [-0.39, 0.29) is 6.09 Å². The van der Waals surface area contributed by atoms with Gasteiger partial charge in [-0.15, -0.1) is 0 Å². The van der Waals surface area contributed by atoms with E-state index in [1.165, 1.54) is 34.2 Å². The van der Waals surface area contributed by atoms with Crippen molar-refractivity contribution in [2.75, 3.05) is 13.1 Å². The van der Waals surface area contributed by atoms with Gasteiger partial charge in [0.05, 0.1) is 0 Å². The largest absolute Gasteiger partial charge is 0.444 e. The van der Waals surface area contributed by atoms with E-state index >= 15 is 0 Å². The zero-order valence-electron chi connectivity index (χ0n) is 18.4. The van der Waals surface area contributed by atoms with Crippen LogP contribution < -0.4 is 0 Å². The number of likely N-dealkylation sites (tertiary alicyclic amines) is 1. The van der Waals surface area contributed by atoms with Crippen LogP contribution in [0.15, 0.2) is 42.5 Å². The molecule has 1 spiro atoms. The molecule has 0 bridgehead atoms. The van der Waals surface area contributed by atoms with Crippen molar-refractivity contribution in [1.29, 1.82) is 0 Å². The molecule has 0 radical (unpaired) electrons. The minimum absolute atomic E-state index is 0.164. The summed E-state index contributed by atoms with van der Waals surface area (Å²) in [4.78, 5) is 14.2. The number of benzene rings is 2. The lowest BCUT2D eigenvalue weighted by Crippen LogP contribution is -2.42. The molecule has 2 aromatic carbocycles. The number of ether oxygens (including phenoxy) is 1. The van der Waals surface area contributed by atoms with Gasteiger partial charge in [-0.25, -0.2) is 4.79 Å². The molecule has 0 aromatic heterocycles. The van der Waals surface area contributed by atoms with E-state index in [0.29, 0.717) is 11.3 Å². The first-order chi connectivity index (χ1) is 13.7. The second kappa shape index (κ2) is 7.19. The van der Waals surface area contributed by atoms with E-state index < -0.39 is 5.60 Å². The number of hydrogen-bond acceptors (Lipinski definition) is 2. The molecule has 2 fully saturated rings. The fourth-order valence-corrected chi connectivity index (χ4v) is 4.87. The van der Waals surface area contributed by atoms with Crippen molar-refractivity contribution in [3.8, 4) is 11.1 Å². The first-order valence-electron chi connectivity index (χ1n) is 10.8. The highest BCUT2D eigenvalue weighted by Crippen LogP contribution is 2.65. The van der Waals surface area contributed by atoms with E-state index in [9.17, 15) is 4.79 Å². The van der Waals surface area contributed by atoms with Crippen LogP contribution in [0.25, 0.3) is 11.1 Å². The summed E-state index contributed by atoms with van der Waals surface area (Å²) < 4.78 is 5.54. The van der Waals surface area contributed by atoms with Gasteiger partial charge in [-0.2, -0.15) is 0 Å². The SMILES string of the molecule is Cc1ccc(-c2ccc(C3CC34CCN(C(=O)OC(C)(C)C)CC4)cc2)c(C)c1. The average molecular weight is 392 g/mol. The van der Waals surface area contributed by atoms with Gasteiger partial charge in [-0.05, 0) is 87.5 Å². The molecule has 3 heteroatoms. The molecule has 1 atom stereocenters. The van der Waals surface area contributed by atoms with Crippen LogP contribution in [-0.2, 0) is 4.74 Å². The molecule has 1 unspecified atom stereocenters. The minimum Gasteiger partial charge on any atom is -0.444 e. The fourth-order valence-electron chi connectivity index (χ4n) is 4.87. The molecule has 1 aliphatic carbocycles. The van der Waals surface area contributed by atoms with E-state index in [2.05, 4.69) is 56.3 Å². The maximum atomic E-state index is 12.3. The third kappa shape index (κ3) is 4.19. The maximum absolute atomic E-state index is 12.3. The summed E-state index contributed by atoms with van der Waals surface area (Å²) in [6.45, 7) is 11.7. The van der Waals surface area contributed by atoms with Crippen molar-refractivity contribution in [2.24, 2.45) is 5.41 Å². The maximum Gasteiger partial charge on any atom is 0.410 e. The molecule has 0 N–H and O–H groups in total. The smallest absolute Gasteiger partial charge is 0.410 e. The highest BCUT2D eigenvalue weighted by Gasteiger charge is 2.55. The summed E-state index contributed by atoms with van der Waals surface area (Å²) >= 11 is 0. The second-order valence-corrected chi connectivity index (χ2v) is 10.0. The number of carbonyl (C=O) groups excluding carboxylic acids is 1. The van der Waals surface area contributed by atoms with E-state index in [1.807, 2.05) is 25.7 Å². The van der Waals surface area contributed by atoms with Crippen molar-refractivity contribution >= 4 is 6.09 Å². The Kier molecular flexibility index (Phi) is 4.96. The predicted molar refractivity (Wildman–Crippen MR) is 118 cm³/mol. The Morgan fingerprint density at radius 2 is 1.69 bits per heavy atom. The van der Waals surface area contributed by atoms with Crippen molar-refractivity contribution in [1.82, 2.24) is 4.90 Å². The molecule has 1 aliphatic heterocycles. The van der Waals surface area contributed by atoms with Gasteiger partial charge in [0.15, 0.2) is 0 Å². The number of rotatable bonds is 2. The van der Waals surface area contributed by atoms with Gasteiger partial charge in [0.1, 0.15) is 5.60 Å². The molecule has 154 valence electrons. The lowest BCUT2D eigenvalue weighted by molar-refractivity contribution is 0.0170. The van der Waals surface area contributed by atoms with Crippen molar-refractivity contribution in [3.63, 3.8) is 0 Å². The second-order valence-electron chi connectivity index (χ2n) is 10.0. The first-order valence-corrected chi connectivity index (χ1v) is 10.8. The van der Waals surface area contributed by atoms with Crippen LogP contribution >= 0.6 is 0 Å². The number of piperidine rings is 1. The number of hydrogen-bond donors (Lipinski definition) is 0. The minimum atomic E-state index is -0.425. The molecular weight excluding hydrogens is 358 g/mol. The Balaban J connectivity index is 1.39. The first kappa shape index (κ1) is 20.0. The van der Waals surface area contributed by atoms with Crippen LogP contribution in [0, 0.1) is 19.3 Å². The van der Waals surface area contributed by atoms with Gasteiger partial charge in [0, 0.05) is 13.1 Å². The van der Waals surface area contributed by atoms with Gasteiger partial charge >= 0.3 is 6.09 Å². The van der Waals surface area contributed by atoms with E-state index in [4.69, 9.17) is 4.74 Å².